The number of hydrogen-bond donors (Lipinski definition) is 1. The Morgan fingerprint density at radius 2 is 1.74 bits per heavy atom. The minimum Gasteiger partial charge on any atom is -0.497 e. The lowest BCUT2D eigenvalue weighted by Gasteiger charge is -2.20. The first-order valence-electron chi connectivity index (χ1n) is 11.3. The molecule has 1 heterocycles. The van der Waals surface area contributed by atoms with E-state index in [9.17, 15) is 18.0 Å². The Hall–Kier alpha value is -3.50. The number of sulfonamides is 1. The van der Waals surface area contributed by atoms with Crippen LogP contribution in [0, 0.1) is 6.92 Å². The van der Waals surface area contributed by atoms with Crippen LogP contribution in [-0.4, -0.2) is 48.6 Å². The number of anilines is 1. The molecule has 2 aromatic carbocycles. The van der Waals surface area contributed by atoms with Crippen LogP contribution in [0.3, 0.4) is 0 Å². The highest BCUT2D eigenvalue weighted by molar-refractivity contribution is 7.89. The zero-order valence-corrected chi connectivity index (χ0v) is 21.3. The third-order valence-electron chi connectivity index (χ3n) is 5.74. The summed E-state index contributed by atoms with van der Waals surface area (Å²) < 4.78 is 33.8. The van der Waals surface area contributed by atoms with E-state index in [1.165, 1.54) is 16.4 Å². The molecule has 10 heteroatoms. The lowest BCUT2D eigenvalue weighted by atomic mass is 10.1. The maximum Gasteiger partial charge on any atom is 0.267 e. The van der Waals surface area contributed by atoms with E-state index in [4.69, 9.17) is 4.74 Å². The molecule has 9 nitrogen and oxygen atoms in total. The van der Waals surface area contributed by atoms with Gasteiger partial charge in [-0.05, 0) is 55.8 Å². The Bertz CT molecular complexity index is 1360. The zero-order valence-electron chi connectivity index (χ0n) is 20.5. The van der Waals surface area contributed by atoms with Crippen molar-refractivity contribution in [1.29, 1.82) is 0 Å². The minimum absolute atomic E-state index is 0.184. The first kappa shape index (κ1) is 26.1. The molecule has 0 fully saturated rings. The van der Waals surface area contributed by atoms with Gasteiger partial charge in [-0.1, -0.05) is 26.0 Å². The van der Waals surface area contributed by atoms with Crippen LogP contribution < -0.4 is 15.6 Å². The Balaban J connectivity index is 1.94. The van der Waals surface area contributed by atoms with Crippen LogP contribution in [0.1, 0.15) is 32.4 Å². The lowest BCUT2D eigenvalue weighted by molar-refractivity contribution is -0.119. The Labute approximate surface area is 205 Å². The van der Waals surface area contributed by atoms with Crippen molar-refractivity contribution in [2.24, 2.45) is 0 Å². The van der Waals surface area contributed by atoms with Crippen LogP contribution in [0.15, 0.2) is 64.3 Å². The number of hydrogen-bond acceptors (Lipinski definition) is 6. The zero-order chi connectivity index (χ0) is 25.8. The number of rotatable bonds is 9. The van der Waals surface area contributed by atoms with Crippen molar-refractivity contribution in [3.8, 4) is 17.0 Å². The average Bonchev–Trinajstić information content (AvgIpc) is 2.85. The molecule has 186 valence electrons. The Kier molecular flexibility index (Phi) is 8.08. The summed E-state index contributed by atoms with van der Waals surface area (Å²) in [7, 11) is -2.13. The molecule has 0 spiro atoms. The van der Waals surface area contributed by atoms with Crippen molar-refractivity contribution in [3.05, 3.63) is 70.5 Å². The highest BCUT2D eigenvalue weighted by Gasteiger charge is 2.24. The molecule has 1 unspecified atom stereocenters. The van der Waals surface area contributed by atoms with Crippen LogP contribution in [0.25, 0.3) is 11.3 Å². The quantitative estimate of drug-likeness (QED) is 0.484. The highest BCUT2D eigenvalue weighted by Crippen LogP contribution is 2.26. The van der Waals surface area contributed by atoms with Gasteiger partial charge in [-0.25, -0.2) is 13.1 Å². The lowest BCUT2D eigenvalue weighted by Crippen LogP contribution is -2.33. The topological polar surface area (TPSA) is 111 Å². The number of amides is 1. The third kappa shape index (κ3) is 5.60. The maximum absolute atomic E-state index is 13.1. The first-order valence-corrected chi connectivity index (χ1v) is 12.7. The van der Waals surface area contributed by atoms with Crippen LogP contribution in [0.4, 0.5) is 5.69 Å². The summed E-state index contributed by atoms with van der Waals surface area (Å²) in [6.07, 6.45) is 0. The van der Waals surface area contributed by atoms with Gasteiger partial charge in [0.15, 0.2) is 0 Å². The van der Waals surface area contributed by atoms with E-state index in [1.54, 1.807) is 77.3 Å². The smallest absolute Gasteiger partial charge is 0.267 e. The normalized spacial score (nSPS) is 12.4. The predicted molar refractivity (Wildman–Crippen MR) is 135 cm³/mol. The average molecular weight is 499 g/mol. The third-order valence-corrected chi connectivity index (χ3v) is 7.93. The molecule has 1 atom stereocenters. The largest absolute Gasteiger partial charge is 0.497 e. The van der Waals surface area contributed by atoms with E-state index in [0.29, 0.717) is 41.3 Å². The van der Waals surface area contributed by atoms with Gasteiger partial charge >= 0.3 is 0 Å². The maximum atomic E-state index is 13.1. The van der Waals surface area contributed by atoms with Crippen LogP contribution in [0.2, 0.25) is 0 Å². The number of aryl methyl sites for hydroxylation is 1. The molecular formula is C25H30N4O5S. The van der Waals surface area contributed by atoms with Crippen molar-refractivity contribution in [3.63, 3.8) is 0 Å². The molecule has 0 aliphatic rings. The van der Waals surface area contributed by atoms with Crippen LogP contribution >= 0.6 is 0 Å². The van der Waals surface area contributed by atoms with Crippen molar-refractivity contribution >= 4 is 21.6 Å². The van der Waals surface area contributed by atoms with Gasteiger partial charge in [0.05, 0.1) is 17.7 Å². The summed E-state index contributed by atoms with van der Waals surface area (Å²) in [5.74, 6) is 0.234. The molecule has 0 aliphatic carbocycles. The summed E-state index contributed by atoms with van der Waals surface area (Å²) in [4.78, 5) is 25.5. The highest BCUT2D eigenvalue weighted by atomic mass is 32.2. The van der Waals surface area contributed by atoms with Crippen LogP contribution in [0.5, 0.6) is 5.75 Å². The van der Waals surface area contributed by atoms with Gasteiger partial charge < -0.3 is 10.1 Å². The van der Waals surface area contributed by atoms with Gasteiger partial charge in [-0.15, -0.1) is 0 Å². The summed E-state index contributed by atoms with van der Waals surface area (Å²) >= 11 is 0. The van der Waals surface area contributed by atoms with Gasteiger partial charge in [0.25, 0.3) is 5.56 Å². The summed E-state index contributed by atoms with van der Waals surface area (Å²) in [5, 5.41) is 7.15. The number of nitrogens with zero attached hydrogens (tertiary/aromatic N) is 3. The molecule has 35 heavy (non-hydrogen) atoms. The number of aromatic nitrogens is 2. The van der Waals surface area contributed by atoms with Gasteiger partial charge in [-0.3, -0.25) is 9.59 Å². The van der Waals surface area contributed by atoms with E-state index < -0.39 is 27.5 Å². The number of benzene rings is 2. The van der Waals surface area contributed by atoms with Crippen molar-refractivity contribution in [2.45, 2.75) is 38.6 Å². The van der Waals surface area contributed by atoms with Gasteiger partial charge in [0, 0.05) is 30.4 Å². The number of ether oxygens (including phenoxy) is 1. The van der Waals surface area contributed by atoms with E-state index in [0.717, 1.165) is 4.68 Å². The molecule has 1 aromatic heterocycles. The monoisotopic (exact) mass is 498 g/mol. The van der Waals surface area contributed by atoms with Gasteiger partial charge in [-0.2, -0.15) is 9.40 Å². The second kappa shape index (κ2) is 10.8. The van der Waals surface area contributed by atoms with E-state index in [1.807, 2.05) is 0 Å². The molecule has 0 saturated carbocycles. The fraction of sp³-hybridized carbons (Fsp3) is 0.320. The number of nitrogens with one attached hydrogen (secondary N) is 1. The number of carbonyl (C=O) groups excluding carboxylic acids is 1. The standard InChI is InChI=1S/C25H30N4O5S/c1-6-28(7-2)35(32,33)23-16-19(9-8-17(23)3)22-14-15-24(30)29(27-22)18(4)25(31)26-20-10-12-21(34-5)13-11-20/h8-16,18H,6-7H2,1-5H3,(H,26,31). The molecule has 3 rings (SSSR count). The summed E-state index contributed by atoms with van der Waals surface area (Å²) in [5.41, 5.74) is 1.62. The Morgan fingerprint density at radius 3 is 2.34 bits per heavy atom. The summed E-state index contributed by atoms with van der Waals surface area (Å²) in [6.45, 7) is 7.59. The fourth-order valence-corrected chi connectivity index (χ4v) is 5.34. The molecular weight excluding hydrogens is 468 g/mol. The molecule has 1 N–H and O–H groups in total. The minimum atomic E-state index is -3.69. The predicted octanol–water partition coefficient (Wildman–Crippen LogP) is 3.46. The van der Waals surface area contributed by atoms with Gasteiger partial charge in [0.1, 0.15) is 11.8 Å². The molecule has 0 aliphatic heterocycles. The first-order chi connectivity index (χ1) is 16.6. The van der Waals surface area contributed by atoms with Gasteiger partial charge in [0.2, 0.25) is 15.9 Å². The van der Waals surface area contributed by atoms with E-state index >= 15 is 0 Å². The second-order valence-corrected chi connectivity index (χ2v) is 9.87. The Morgan fingerprint density at radius 1 is 1.09 bits per heavy atom. The van der Waals surface area contributed by atoms with E-state index in [2.05, 4.69) is 10.4 Å². The molecule has 0 bridgehead atoms. The number of carbonyl (C=O) groups is 1. The van der Waals surface area contributed by atoms with Crippen LogP contribution in [-0.2, 0) is 14.8 Å². The molecule has 3 aromatic rings. The molecule has 1 amide bonds. The number of methoxy groups -OCH3 is 1. The second-order valence-electron chi connectivity index (χ2n) is 7.96. The molecule has 0 saturated heterocycles. The van der Waals surface area contributed by atoms with Crippen molar-refractivity contribution < 1.29 is 17.9 Å². The van der Waals surface area contributed by atoms with E-state index in [-0.39, 0.29) is 4.90 Å². The molecule has 0 radical (unpaired) electrons. The SMILES string of the molecule is CCN(CC)S(=O)(=O)c1cc(-c2ccc(=O)n(C(C)C(=O)Nc3ccc(OC)cc3)n2)ccc1C. The van der Waals surface area contributed by atoms with Crippen molar-refractivity contribution in [1.82, 2.24) is 14.1 Å². The van der Waals surface area contributed by atoms with Crippen molar-refractivity contribution in [2.75, 3.05) is 25.5 Å². The summed E-state index contributed by atoms with van der Waals surface area (Å²) in [6, 6.07) is 13.8. The fourth-order valence-electron chi connectivity index (χ4n) is 3.63.